The zero-order valence-electron chi connectivity index (χ0n) is 18.1. The summed E-state index contributed by atoms with van der Waals surface area (Å²) in [6.45, 7) is 1.10. The summed E-state index contributed by atoms with van der Waals surface area (Å²) < 4.78 is 33.5. The molecule has 2 aromatic carbocycles. The molecule has 4 rings (SSSR count). The van der Waals surface area contributed by atoms with Gasteiger partial charge in [-0.3, -0.25) is 9.69 Å². The molecule has 0 aliphatic heterocycles. The molecule has 1 amide bonds. The Morgan fingerprint density at radius 1 is 1.18 bits per heavy atom. The lowest BCUT2D eigenvalue weighted by Crippen LogP contribution is -2.33. The van der Waals surface area contributed by atoms with Crippen LogP contribution in [-0.2, 0) is 21.2 Å². The first kappa shape index (κ1) is 22.9. The summed E-state index contributed by atoms with van der Waals surface area (Å²) in [5, 5.41) is 0.547. The number of aryl methyl sites for hydroxylation is 1. The number of aromatic nitrogens is 3. The highest BCUT2D eigenvalue weighted by atomic mass is 32.2. The summed E-state index contributed by atoms with van der Waals surface area (Å²) in [7, 11) is -1.95. The number of ether oxygens (including phenoxy) is 1. The maximum Gasteiger partial charge on any atom is 0.229 e. The summed E-state index contributed by atoms with van der Waals surface area (Å²) in [6.07, 6.45) is 5.84. The topological polar surface area (TPSA) is 94.4 Å². The molecule has 172 valence electrons. The number of amides is 1. The quantitative estimate of drug-likeness (QED) is 0.340. The zero-order valence-corrected chi connectivity index (χ0v) is 19.8. The van der Waals surface area contributed by atoms with Crippen LogP contribution in [0.2, 0.25) is 0 Å². The van der Waals surface area contributed by atoms with Crippen LogP contribution in [0.5, 0.6) is 5.75 Å². The van der Waals surface area contributed by atoms with Crippen molar-refractivity contribution in [3.8, 4) is 5.75 Å². The molecule has 0 spiro atoms. The number of methoxy groups -OCH3 is 1. The molecule has 8 nitrogen and oxygen atoms in total. The standard InChI is InChI=1S/C23H24N4O4S2/c1-31-18-8-9-20-21(16-18)32-23(25-20)27(13-5-12-26-14-11-24-17-26)22(28)10-15-33(29,30)19-6-3-2-4-7-19/h2-4,6-9,11,14,16-17H,5,10,12-13,15H2,1H3. The summed E-state index contributed by atoms with van der Waals surface area (Å²) in [4.78, 5) is 23.7. The number of hydrogen-bond acceptors (Lipinski definition) is 7. The van der Waals surface area contributed by atoms with E-state index >= 15 is 0 Å². The molecule has 33 heavy (non-hydrogen) atoms. The van der Waals surface area contributed by atoms with E-state index in [4.69, 9.17) is 4.74 Å². The molecule has 0 aliphatic carbocycles. The number of hydrogen-bond donors (Lipinski definition) is 0. The summed E-state index contributed by atoms with van der Waals surface area (Å²) in [5.74, 6) is 0.183. The highest BCUT2D eigenvalue weighted by molar-refractivity contribution is 7.91. The van der Waals surface area contributed by atoms with Crippen molar-refractivity contribution in [3.63, 3.8) is 0 Å². The van der Waals surface area contributed by atoms with E-state index in [9.17, 15) is 13.2 Å². The Hall–Kier alpha value is -3.24. The van der Waals surface area contributed by atoms with Gasteiger partial charge in [-0.15, -0.1) is 0 Å². The van der Waals surface area contributed by atoms with E-state index in [0.717, 1.165) is 10.2 Å². The smallest absolute Gasteiger partial charge is 0.229 e. The first-order chi connectivity index (χ1) is 16.0. The Morgan fingerprint density at radius 2 is 2.00 bits per heavy atom. The van der Waals surface area contributed by atoms with Gasteiger partial charge in [-0.1, -0.05) is 29.5 Å². The molecular formula is C23H24N4O4S2. The van der Waals surface area contributed by atoms with Crippen molar-refractivity contribution in [3.05, 3.63) is 67.3 Å². The van der Waals surface area contributed by atoms with E-state index in [1.165, 1.54) is 11.3 Å². The zero-order chi connectivity index (χ0) is 23.3. The molecule has 0 atom stereocenters. The lowest BCUT2D eigenvalue weighted by Gasteiger charge is -2.20. The molecule has 0 aliphatic rings. The van der Waals surface area contributed by atoms with Crippen LogP contribution < -0.4 is 9.64 Å². The third kappa shape index (κ3) is 5.58. The fourth-order valence-electron chi connectivity index (χ4n) is 3.39. The number of fused-ring (bicyclic) bond motifs is 1. The maximum absolute atomic E-state index is 13.2. The SMILES string of the molecule is COc1ccc2nc(N(CCCn3ccnc3)C(=O)CCS(=O)(=O)c3ccccc3)sc2c1. The number of carbonyl (C=O) groups excluding carboxylic acids is 1. The lowest BCUT2D eigenvalue weighted by molar-refractivity contribution is -0.118. The average Bonchev–Trinajstić information content (AvgIpc) is 3.50. The average molecular weight is 485 g/mol. The van der Waals surface area contributed by atoms with Crippen LogP contribution in [0.15, 0.2) is 72.1 Å². The van der Waals surface area contributed by atoms with Crippen molar-refractivity contribution in [2.45, 2.75) is 24.3 Å². The highest BCUT2D eigenvalue weighted by Crippen LogP contribution is 2.32. The van der Waals surface area contributed by atoms with E-state index in [-0.39, 0.29) is 23.0 Å². The normalized spacial score (nSPS) is 11.5. The number of sulfone groups is 1. The van der Waals surface area contributed by atoms with E-state index in [0.29, 0.717) is 30.4 Å². The van der Waals surface area contributed by atoms with Crippen molar-refractivity contribution in [1.29, 1.82) is 0 Å². The molecule has 4 aromatic rings. The Kier molecular flexibility index (Phi) is 7.05. The second kappa shape index (κ2) is 10.1. The number of anilines is 1. The van der Waals surface area contributed by atoms with Gasteiger partial charge >= 0.3 is 0 Å². The van der Waals surface area contributed by atoms with Gasteiger partial charge in [0.15, 0.2) is 15.0 Å². The lowest BCUT2D eigenvalue weighted by atomic mass is 10.3. The third-order valence-corrected chi connectivity index (χ3v) is 7.93. The molecule has 0 saturated carbocycles. The van der Waals surface area contributed by atoms with Crippen LogP contribution in [0.4, 0.5) is 5.13 Å². The van der Waals surface area contributed by atoms with Crippen LogP contribution in [-0.4, -0.2) is 48.3 Å². The van der Waals surface area contributed by atoms with Crippen molar-refractivity contribution in [2.75, 3.05) is 24.3 Å². The van der Waals surface area contributed by atoms with Gasteiger partial charge < -0.3 is 9.30 Å². The van der Waals surface area contributed by atoms with Gasteiger partial charge in [0, 0.05) is 31.9 Å². The second-order valence-corrected chi connectivity index (χ2v) is 10.5. The maximum atomic E-state index is 13.2. The monoisotopic (exact) mass is 484 g/mol. The predicted molar refractivity (Wildman–Crippen MR) is 128 cm³/mol. The fraction of sp³-hybridized carbons (Fsp3) is 0.261. The van der Waals surface area contributed by atoms with Crippen molar-refractivity contribution in [1.82, 2.24) is 14.5 Å². The van der Waals surface area contributed by atoms with Crippen LogP contribution in [0.3, 0.4) is 0 Å². The molecule has 2 aromatic heterocycles. The van der Waals surface area contributed by atoms with Crippen LogP contribution in [0, 0.1) is 0 Å². The molecular weight excluding hydrogens is 460 g/mol. The number of carbonyl (C=O) groups is 1. The van der Waals surface area contributed by atoms with Gasteiger partial charge in [-0.05, 0) is 36.8 Å². The number of imidazole rings is 1. The summed E-state index contributed by atoms with van der Waals surface area (Å²) >= 11 is 1.39. The predicted octanol–water partition coefficient (Wildman–Crippen LogP) is 3.79. The minimum Gasteiger partial charge on any atom is -0.497 e. The number of thiazole rings is 1. The minimum absolute atomic E-state index is 0.123. The van der Waals surface area contributed by atoms with Crippen LogP contribution in [0.25, 0.3) is 10.2 Å². The first-order valence-electron chi connectivity index (χ1n) is 10.4. The van der Waals surface area contributed by atoms with Gasteiger partial charge in [0.1, 0.15) is 5.75 Å². The molecule has 2 heterocycles. The van der Waals surface area contributed by atoms with Gasteiger partial charge in [-0.2, -0.15) is 0 Å². The Morgan fingerprint density at radius 3 is 2.73 bits per heavy atom. The highest BCUT2D eigenvalue weighted by Gasteiger charge is 2.23. The van der Waals surface area contributed by atoms with Gasteiger partial charge in [0.25, 0.3) is 0 Å². The van der Waals surface area contributed by atoms with Crippen LogP contribution >= 0.6 is 11.3 Å². The number of nitrogens with zero attached hydrogens (tertiary/aromatic N) is 4. The Bertz CT molecular complexity index is 1320. The van der Waals surface area contributed by atoms with E-state index in [2.05, 4.69) is 9.97 Å². The minimum atomic E-state index is -3.55. The first-order valence-corrected chi connectivity index (χ1v) is 12.9. The van der Waals surface area contributed by atoms with Crippen molar-refractivity contribution < 1.29 is 17.9 Å². The molecule has 10 heteroatoms. The summed E-state index contributed by atoms with van der Waals surface area (Å²) in [6, 6.07) is 13.7. The molecule has 0 radical (unpaired) electrons. The Balaban J connectivity index is 1.53. The van der Waals surface area contributed by atoms with E-state index in [1.54, 1.807) is 54.9 Å². The van der Waals surface area contributed by atoms with Gasteiger partial charge in [0.2, 0.25) is 5.91 Å². The van der Waals surface area contributed by atoms with Gasteiger partial charge in [-0.25, -0.2) is 18.4 Å². The summed E-state index contributed by atoms with van der Waals surface area (Å²) in [5.41, 5.74) is 0.764. The van der Waals surface area contributed by atoms with E-state index in [1.807, 2.05) is 29.0 Å². The van der Waals surface area contributed by atoms with Crippen molar-refractivity contribution in [2.24, 2.45) is 0 Å². The number of benzene rings is 2. The largest absolute Gasteiger partial charge is 0.497 e. The molecule has 0 bridgehead atoms. The second-order valence-electron chi connectivity index (χ2n) is 7.41. The molecule has 0 unspecified atom stereocenters. The number of rotatable bonds is 10. The molecule has 0 N–H and O–H groups in total. The van der Waals surface area contributed by atoms with Crippen molar-refractivity contribution >= 4 is 42.4 Å². The molecule has 0 fully saturated rings. The Labute approximate surface area is 196 Å². The van der Waals surface area contributed by atoms with E-state index < -0.39 is 9.84 Å². The molecule has 0 saturated heterocycles. The third-order valence-electron chi connectivity index (χ3n) is 5.16. The van der Waals surface area contributed by atoms with Crippen LogP contribution in [0.1, 0.15) is 12.8 Å². The fourth-order valence-corrected chi connectivity index (χ4v) is 5.68. The van der Waals surface area contributed by atoms with Gasteiger partial charge in [0.05, 0.1) is 34.3 Å².